The van der Waals surface area contributed by atoms with Crippen LogP contribution in [0.15, 0.2) is 28.5 Å². The smallest absolute Gasteiger partial charge is 0.0777 e. The minimum absolute atomic E-state index is 1.05. The molecular formula is C31H63NSi2. The van der Waals surface area contributed by atoms with Crippen molar-refractivity contribution in [2.45, 2.75) is 161 Å². The summed E-state index contributed by atoms with van der Waals surface area (Å²) in [7, 11) is -2.31. The fraction of sp³-hybridized carbons (Fsp3) is 0.839. The molecule has 200 valence electrons. The SMILES string of the molecule is C/C=C/[Si](CCC)(CCC)CCC=NCCCCCCCCCC[Si](/C=C/C)(CCC)CCC. The van der Waals surface area contributed by atoms with E-state index in [1.165, 1.54) is 120 Å². The van der Waals surface area contributed by atoms with Crippen LogP contribution in [0, 0.1) is 0 Å². The molecule has 0 aromatic rings. The highest BCUT2D eigenvalue weighted by Gasteiger charge is 2.27. The van der Waals surface area contributed by atoms with Crippen LogP contribution in [0.25, 0.3) is 0 Å². The van der Waals surface area contributed by atoms with E-state index in [0.29, 0.717) is 0 Å². The van der Waals surface area contributed by atoms with Crippen molar-refractivity contribution in [3.8, 4) is 0 Å². The first-order valence-electron chi connectivity index (χ1n) is 15.3. The van der Waals surface area contributed by atoms with E-state index in [1.807, 2.05) is 0 Å². The van der Waals surface area contributed by atoms with Crippen LogP contribution in [0.2, 0.25) is 36.3 Å². The Balaban J connectivity index is 3.89. The summed E-state index contributed by atoms with van der Waals surface area (Å²) < 4.78 is 0. The van der Waals surface area contributed by atoms with Gasteiger partial charge in [0.2, 0.25) is 0 Å². The van der Waals surface area contributed by atoms with Gasteiger partial charge in [-0.05, 0) is 38.9 Å². The highest BCUT2D eigenvalue weighted by Crippen LogP contribution is 2.29. The quantitative estimate of drug-likeness (QED) is 0.0702. The molecule has 0 spiro atoms. The highest BCUT2D eigenvalue weighted by molar-refractivity contribution is 6.85. The van der Waals surface area contributed by atoms with Crippen molar-refractivity contribution in [3.63, 3.8) is 0 Å². The Morgan fingerprint density at radius 2 is 0.912 bits per heavy atom. The second-order valence-electron chi connectivity index (χ2n) is 10.9. The summed E-state index contributed by atoms with van der Waals surface area (Å²) in [6, 6.07) is 8.85. The van der Waals surface area contributed by atoms with E-state index >= 15 is 0 Å². The van der Waals surface area contributed by atoms with Gasteiger partial charge in [-0.2, -0.15) is 0 Å². The number of aliphatic imine (C=N–C) groups is 1. The lowest BCUT2D eigenvalue weighted by Gasteiger charge is -2.28. The molecule has 0 saturated heterocycles. The predicted molar refractivity (Wildman–Crippen MR) is 166 cm³/mol. The molecule has 0 saturated carbocycles. The summed E-state index contributed by atoms with van der Waals surface area (Å²) in [6.07, 6.45) is 24.9. The van der Waals surface area contributed by atoms with Crippen LogP contribution < -0.4 is 0 Å². The molecule has 1 nitrogen and oxygen atoms in total. The highest BCUT2D eigenvalue weighted by atomic mass is 28.3. The first-order valence-corrected chi connectivity index (χ1v) is 20.7. The Labute approximate surface area is 218 Å². The van der Waals surface area contributed by atoms with Gasteiger partial charge in [-0.3, -0.25) is 4.99 Å². The normalized spacial score (nSPS) is 13.2. The molecule has 0 aliphatic heterocycles. The van der Waals surface area contributed by atoms with Gasteiger partial charge in [0.05, 0.1) is 16.1 Å². The van der Waals surface area contributed by atoms with E-state index in [1.54, 1.807) is 0 Å². The van der Waals surface area contributed by atoms with E-state index in [-0.39, 0.29) is 0 Å². The Hall–Kier alpha value is -0.416. The van der Waals surface area contributed by atoms with Gasteiger partial charge in [0.25, 0.3) is 0 Å². The minimum atomic E-state index is -1.19. The molecule has 0 amide bonds. The Morgan fingerprint density at radius 1 is 0.500 bits per heavy atom. The van der Waals surface area contributed by atoms with Crippen LogP contribution in [0.4, 0.5) is 0 Å². The molecule has 0 heterocycles. The number of hydrogen-bond donors (Lipinski definition) is 0. The first-order chi connectivity index (χ1) is 16.6. The van der Waals surface area contributed by atoms with Gasteiger partial charge >= 0.3 is 0 Å². The summed E-state index contributed by atoms with van der Waals surface area (Å²) in [4.78, 5) is 4.75. The van der Waals surface area contributed by atoms with Gasteiger partial charge in [0.1, 0.15) is 0 Å². The van der Waals surface area contributed by atoms with Crippen molar-refractivity contribution in [2.75, 3.05) is 6.54 Å². The number of allylic oxidation sites excluding steroid dienone is 2. The Kier molecular flexibility index (Phi) is 22.7. The molecule has 3 heteroatoms. The zero-order valence-electron chi connectivity index (χ0n) is 24.5. The minimum Gasteiger partial charge on any atom is -0.298 e. The van der Waals surface area contributed by atoms with Crippen LogP contribution in [0.5, 0.6) is 0 Å². The lowest BCUT2D eigenvalue weighted by atomic mass is 10.1. The monoisotopic (exact) mass is 505 g/mol. The number of hydrogen-bond acceptors (Lipinski definition) is 1. The largest absolute Gasteiger partial charge is 0.298 e. The summed E-state index contributed by atoms with van der Waals surface area (Å²) in [5, 5.41) is 0. The lowest BCUT2D eigenvalue weighted by molar-refractivity contribution is 0.577. The van der Waals surface area contributed by atoms with Crippen LogP contribution >= 0.6 is 0 Å². The third kappa shape index (κ3) is 16.3. The van der Waals surface area contributed by atoms with Gasteiger partial charge in [-0.15, -0.1) is 0 Å². The van der Waals surface area contributed by atoms with E-state index in [0.717, 1.165) is 6.54 Å². The van der Waals surface area contributed by atoms with E-state index < -0.39 is 16.1 Å². The van der Waals surface area contributed by atoms with Crippen molar-refractivity contribution in [2.24, 2.45) is 4.99 Å². The average Bonchev–Trinajstić information content (AvgIpc) is 2.80. The molecular weight excluding hydrogens is 443 g/mol. The number of unbranched alkanes of at least 4 members (excludes halogenated alkanes) is 7. The van der Waals surface area contributed by atoms with Crippen LogP contribution in [-0.4, -0.2) is 28.9 Å². The molecule has 0 N–H and O–H groups in total. The van der Waals surface area contributed by atoms with Gasteiger partial charge in [0, 0.05) is 6.54 Å². The lowest BCUT2D eigenvalue weighted by Crippen LogP contribution is -2.31. The molecule has 0 radical (unpaired) electrons. The molecule has 0 aliphatic rings. The fourth-order valence-electron chi connectivity index (χ4n) is 6.22. The molecule has 0 fully saturated rings. The molecule has 0 rings (SSSR count). The van der Waals surface area contributed by atoms with E-state index in [4.69, 9.17) is 4.99 Å². The van der Waals surface area contributed by atoms with Gasteiger partial charge < -0.3 is 0 Å². The predicted octanol–water partition coefficient (Wildman–Crippen LogP) is 11.3. The summed E-state index contributed by atoms with van der Waals surface area (Å²) in [5.41, 5.74) is 5.28. The van der Waals surface area contributed by atoms with Crippen molar-refractivity contribution in [3.05, 3.63) is 23.6 Å². The molecule has 0 unspecified atom stereocenters. The number of nitrogens with zero attached hydrogens (tertiary/aromatic N) is 1. The van der Waals surface area contributed by atoms with Crippen LogP contribution in [0.1, 0.15) is 125 Å². The molecule has 0 atom stereocenters. The Bertz CT molecular complexity index is 512. The second-order valence-corrected chi connectivity index (χ2v) is 20.0. The maximum absolute atomic E-state index is 4.75. The zero-order valence-corrected chi connectivity index (χ0v) is 26.5. The van der Waals surface area contributed by atoms with Gasteiger partial charge in [-0.1, -0.05) is 152 Å². The van der Waals surface area contributed by atoms with E-state index in [2.05, 4.69) is 71.3 Å². The molecule has 0 aromatic carbocycles. The van der Waals surface area contributed by atoms with Crippen LogP contribution in [0.3, 0.4) is 0 Å². The van der Waals surface area contributed by atoms with Crippen molar-refractivity contribution < 1.29 is 0 Å². The summed E-state index contributed by atoms with van der Waals surface area (Å²) in [6.45, 7) is 15.0. The van der Waals surface area contributed by atoms with E-state index in [9.17, 15) is 0 Å². The van der Waals surface area contributed by atoms with Crippen molar-refractivity contribution in [1.29, 1.82) is 0 Å². The summed E-state index contributed by atoms with van der Waals surface area (Å²) >= 11 is 0. The Morgan fingerprint density at radius 3 is 1.35 bits per heavy atom. The first kappa shape index (κ1) is 33.6. The topological polar surface area (TPSA) is 12.4 Å². The third-order valence-corrected chi connectivity index (χ3v) is 18.3. The van der Waals surface area contributed by atoms with Gasteiger partial charge in [0.15, 0.2) is 0 Å². The van der Waals surface area contributed by atoms with Crippen LogP contribution in [-0.2, 0) is 0 Å². The summed E-state index contributed by atoms with van der Waals surface area (Å²) in [5.74, 6) is 0. The van der Waals surface area contributed by atoms with Gasteiger partial charge in [-0.25, -0.2) is 0 Å². The fourth-order valence-corrected chi connectivity index (χ4v) is 15.8. The average molecular weight is 506 g/mol. The molecule has 0 aliphatic carbocycles. The molecule has 0 aromatic heterocycles. The van der Waals surface area contributed by atoms with Crippen molar-refractivity contribution in [1.82, 2.24) is 0 Å². The van der Waals surface area contributed by atoms with Crippen molar-refractivity contribution >= 4 is 22.4 Å². The number of rotatable bonds is 24. The maximum Gasteiger partial charge on any atom is 0.0777 e. The molecule has 34 heavy (non-hydrogen) atoms. The maximum atomic E-state index is 4.75. The zero-order chi connectivity index (χ0) is 25.4. The standard InChI is InChI=1S/C31H63NSi2/c1-7-24-33(25-8-2,26-9-3)30-20-18-16-14-13-15-17-19-22-32-23-21-31-34(27-10-4,28-11-5)29-12-6/h7,10,23-24,27H,8-9,11-22,25-26,28-31H2,1-6H3/b24-7+,27-10+,32-23?. The third-order valence-electron chi connectivity index (χ3n) is 7.64. The second kappa shape index (κ2) is 23.0. The molecule has 0 bridgehead atoms.